The van der Waals surface area contributed by atoms with E-state index in [1.807, 2.05) is 6.07 Å². The van der Waals surface area contributed by atoms with E-state index in [4.69, 9.17) is 4.42 Å². The molecule has 0 radical (unpaired) electrons. The number of furan rings is 1. The highest BCUT2D eigenvalue weighted by Gasteiger charge is 2.26. The third kappa shape index (κ3) is 6.53. The molecule has 12 aromatic carbocycles. The van der Waals surface area contributed by atoms with Gasteiger partial charge < -0.3 is 19.2 Å². The number of benzene rings is 12. The van der Waals surface area contributed by atoms with E-state index in [-0.39, 0.29) is 0 Å². The molecule has 0 aliphatic rings. The molecule has 0 saturated heterocycles. The Balaban J connectivity index is 1.12. The number of aromatic nitrogens is 1. The molecule has 2 heterocycles. The number of fused-ring (bicyclic) bond motifs is 9. The van der Waals surface area contributed by atoms with Crippen molar-refractivity contribution in [3.63, 3.8) is 0 Å². The van der Waals surface area contributed by atoms with Crippen molar-refractivity contribution in [1.82, 2.24) is 4.98 Å². The number of nitrogens with one attached hydrogen (secondary N) is 1. The van der Waals surface area contributed by atoms with Crippen LogP contribution in [0.15, 0.2) is 259 Å². The summed E-state index contributed by atoms with van der Waals surface area (Å²) in [5.74, 6) is 0. The molecule has 2 aromatic heterocycles. The molecule has 0 fully saturated rings. The number of para-hydroxylation sites is 2. The van der Waals surface area contributed by atoms with Crippen molar-refractivity contribution in [3.05, 3.63) is 255 Å². The van der Waals surface area contributed by atoms with Gasteiger partial charge in [0.25, 0.3) is 0 Å². The van der Waals surface area contributed by atoms with Crippen LogP contribution in [0.5, 0.6) is 0 Å². The van der Waals surface area contributed by atoms with Gasteiger partial charge in [-0.1, -0.05) is 176 Å². The molecular weight excluding hydrogens is 851 g/mol. The summed E-state index contributed by atoms with van der Waals surface area (Å²) in [6, 6.07) is 92.4. The predicted molar refractivity (Wildman–Crippen MR) is 296 cm³/mol. The van der Waals surface area contributed by atoms with Crippen LogP contribution < -0.4 is 9.80 Å². The average Bonchev–Trinajstić information content (AvgIpc) is 3.99. The van der Waals surface area contributed by atoms with E-state index >= 15 is 0 Å². The number of rotatable bonds is 8. The highest BCUT2D eigenvalue weighted by atomic mass is 16.3. The Morgan fingerprint density at radius 3 is 1.54 bits per heavy atom. The summed E-state index contributed by atoms with van der Waals surface area (Å²) in [4.78, 5) is 8.70. The largest absolute Gasteiger partial charge is 0.456 e. The van der Waals surface area contributed by atoms with Crippen molar-refractivity contribution in [1.29, 1.82) is 0 Å². The van der Waals surface area contributed by atoms with Crippen molar-refractivity contribution >= 4 is 110 Å². The van der Waals surface area contributed by atoms with Gasteiger partial charge in [-0.25, -0.2) is 0 Å². The second-order valence-electron chi connectivity index (χ2n) is 18.2. The molecule has 0 bridgehead atoms. The second kappa shape index (κ2) is 16.2. The fourth-order valence-corrected chi connectivity index (χ4v) is 10.9. The molecule has 14 rings (SSSR count). The molecule has 4 heteroatoms. The van der Waals surface area contributed by atoms with E-state index in [9.17, 15) is 0 Å². The van der Waals surface area contributed by atoms with Gasteiger partial charge in [-0.05, 0) is 106 Å². The van der Waals surface area contributed by atoms with Gasteiger partial charge >= 0.3 is 0 Å². The van der Waals surface area contributed by atoms with Gasteiger partial charge in [-0.2, -0.15) is 0 Å². The maximum absolute atomic E-state index is 6.65. The molecule has 70 heavy (non-hydrogen) atoms. The lowest BCUT2D eigenvalue weighted by Crippen LogP contribution is -2.14. The van der Waals surface area contributed by atoms with Gasteiger partial charge in [0.15, 0.2) is 0 Å². The van der Waals surface area contributed by atoms with E-state index < -0.39 is 0 Å². The molecular formula is C66H43N3O. The van der Waals surface area contributed by atoms with Crippen LogP contribution in [-0.4, -0.2) is 4.98 Å². The Labute approximate surface area is 404 Å². The molecule has 0 saturated carbocycles. The predicted octanol–water partition coefficient (Wildman–Crippen LogP) is 19.0. The maximum atomic E-state index is 6.65. The van der Waals surface area contributed by atoms with Crippen molar-refractivity contribution in [2.24, 2.45) is 0 Å². The third-order valence-electron chi connectivity index (χ3n) is 14.1. The summed E-state index contributed by atoms with van der Waals surface area (Å²) >= 11 is 0. The van der Waals surface area contributed by atoms with Gasteiger partial charge in [-0.3, -0.25) is 0 Å². The van der Waals surface area contributed by atoms with Crippen molar-refractivity contribution < 1.29 is 4.42 Å². The number of H-pyrrole nitrogens is 1. The van der Waals surface area contributed by atoms with Crippen molar-refractivity contribution in [2.75, 3.05) is 9.80 Å². The maximum Gasteiger partial charge on any atom is 0.137 e. The van der Waals surface area contributed by atoms with Crippen LogP contribution in [0.3, 0.4) is 0 Å². The first-order chi connectivity index (χ1) is 34.7. The Morgan fingerprint density at radius 1 is 0.271 bits per heavy atom. The zero-order valence-corrected chi connectivity index (χ0v) is 38.1. The number of aromatic amines is 1. The SMILES string of the molecule is c1ccc(-c2cc(N(c3ccc4c(c3)oc3ccccc34)c3cccc4ccccc34)c3cc(N(c4ccc5c(c4)[nH]c4ccccc45)c4cccc5ccccc45)c(-c4ccccc4)cc3c2)cc1. The first-order valence-electron chi connectivity index (χ1n) is 23.9. The van der Waals surface area contributed by atoms with Gasteiger partial charge in [0, 0.05) is 71.7 Å². The number of nitrogens with zero attached hydrogens (tertiary/aromatic N) is 2. The van der Waals surface area contributed by atoms with Crippen LogP contribution in [-0.2, 0) is 0 Å². The minimum absolute atomic E-state index is 0.842. The summed E-state index contributed by atoms with van der Waals surface area (Å²) in [6.45, 7) is 0. The fraction of sp³-hybridized carbons (Fsp3) is 0. The topological polar surface area (TPSA) is 35.4 Å². The standard InChI is InChI=1S/C66H43N3O/c1-3-17-43(18-4-1)47-37-48-38-57(46-19-5-2-6-20-46)64(68(61-30-15-23-44-21-7-9-25-51(44)61)49-33-35-54-53-27-11-13-29-59(53)67-60(54)40-49)42-58(48)63(39-47)69(62-31-16-24-45-22-8-10-26-52(45)62)50-34-36-56-55-28-12-14-32-65(55)70-66(56)41-50/h1-42,67H. The van der Waals surface area contributed by atoms with E-state index in [2.05, 4.69) is 264 Å². The molecule has 0 aliphatic heterocycles. The van der Waals surface area contributed by atoms with Crippen molar-refractivity contribution in [3.8, 4) is 22.3 Å². The van der Waals surface area contributed by atoms with Crippen LogP contribution in [0.1, 0.15) is 0 Å². The molecule has 0 spiro atoms. The number of hydrogen-bond acceptors (Lipinski definition) is 3. The Hall–Kier alpha value is -9.38. The van der Waals surface area contributed by atoms with Crippen LogP contribution in [0.4, 0.5) is 34.1 Å². The highest BCUT2D eigenvalue weighted by Crippen LogP contribution is 2.51. The minimum Gasteiger partial charge on any atom is -0.456 e. The monoisotopic (exact) mass is 893 g/mol. The average molecular weight is 894 g/mol. The molecule has 1 N–H and O–H groups in total. The lowest BCUT2D eigenvalue weighted by molar-refractivity contribution is 0.669. The van der Waals surface area contributed by atoms with Gasteiger partial charge in [0.2, 0.25) is 0 Å². The molecule has 0 atom stereocenters. The summed E-state index contributed by atoms with van der Waals surface area (Å²) in [5.41, 5.74) is 14.8. The summed E-state index contributed by atoms with van der Waals surface area (Å²) in [6.07, 6.45) is 0. The smallest absolute Gasteiger partial charge is 0.137 e. The zero-order valence-electron chi connectivity index (χ0n) is 38.1. The lowest BCUT2D eigenvalue weighted by Gasteiger charge is -2.32. The lowest BCUT2D eigenvalue weighted by atomic mass is 9.93. The Kier molecular flexibility index (Phi) is 9.17. The van der Waals surface area contributed by atoms with Gasteiger partial charge in [0.1, 0.15) is 11.2 Å². The molecule has 14 aromatic rings. The number of anilines is 6. The summed E-state index contributed by atoms with van der Waals surface area (Å²) in [5, 5.41) is 11.5. The summed E-state index contributed by atoms with van der Waals surface area (Å²) in [7, 11) is 0. The first kappa shape index (κ1) is 39.8. The quantitative estimate of drug-likeness (QED) is 0.165. The highest BCUT2D eigenvalue weighted by molar-refractivity contribution is 6.14. The first-order valence-corrected chi connectivity index (χ1v) is 23.9. The van der Waals surface area contributed by atoms with Crippen LogP contribution >= 0.6 is 0 Å². The minimum atomic E-state index is 0.842. The molecule has 328 valence electrons. The normalized spacial score (nSPS) is 11.7. The Bertz CT molecular complexity index is 4310. The molecule has 4 nitrogen and oxygen atoms in total. The molecule has 0 unspecified atom stereocenters. The van der Waals surface area contributed by atoms with Crippen molar-refractivity contribution in [2.45, 2.75) is 0 Å². The van der Waals surface area contributed by atoms with E-state index in [0.717, 1.165) is 111 Å². The van der Waals surface area contributed by atoms with Crippen LogP contribution in [0.2, 0.25) is 0 Å². The van der Waals surface area contributed by atoms with Gasteiger partial charge in [0.05, 0.1) is 22.7 Å². The van der Waals surface area contributed by atoms with E-state index in [1.165, 1.54) is 21.5 Å². The summed E-state index contributed by atoms with van der Waals surface area (Å²) < 4.78 is 6.65. The number of hydrogen-bond donors (Lipinski definition) is 1. The van der Waals surface area contributed by atoms with Crippen LogP contribution in [0, 0.1) is 0 Å². The third-order valence-corrected chi connectivity index (χ3v) is 14.1. The molecule has 0 aliphatic carbocycles. The Morgan fingerprint density at radius 2 is 0.814 bits per heavy atom. The fourth-order valence-electron chi connectivity index (χ4n) is 10.9. The van der Waals surface area contributed by atoms with Gasteiger partial charge in [-0.15, -0.1) is 0 Å². The van der Waals surface area contributed by atoms with E-state index in [1.54, 1.807) is 0 Å². The van der Waals surface area contributed by atoms with E-state index in [0.29, 0.717) is 0 Å². The molecule has 0 amide bonds. The zero-order chi connectivity index (χ0) is 46.1. The second-order valence-corrected chi connectivity index (χ2v) is 18.2. The van der Waals surface area contributed by atoms with Crippen LogP contribution in [0.25, 0.3) is 98.3 Å².